The number of ether oxygens (including phenoxy) is 6. The summed E-state index contributed by atoms with van der Waals surface area (Å²) in [6.07, 6.45) is 5.94. The summed E-state index contributed by atoms with van der Waals surface area (Å²) >= 11 is 0. The van der Waals surface area contributed by atoms with Crippen LogP contribution in [0.5, 0.6) is 11.5 Å². The van der Waals surface area contributed by atoms with Gasteiger partial charge in [0.2, 0.25) is 0 Å². The van der Waals surface area contributed by atoms with E-state index in [2.05, 4.69) is 58.3 Å². The van der Waals surface area contributed by atoms with Gasteiger partial charge in [0.05, 0.1) is 63.1 Å². The molecule has 0 N–H and O–H groups in total. The Kier molecular flexibility index (Phi) is 7.05. The number of hydrogen-bond acceptors (Lipinski definition) is 8. The van der Waals surface area contributed by atoms with Crippen LogP contribution >= 0.6 is 0 Å². The Balaban J connectivity index is 0.872. The zero-order valence-corrected chi connectivity index (χ0v) is 21.9. The van der Waals surface area contributed by atoms with Gasteiger partial charge < -0.3 is 38.2 Å². The van der Waals surface area contributed by atoms with Crippen LogP contribution in [0.2, 0.25) is 0 Å². The van der Waals surface area contributed by atoms with Gasteiger partial charge in [-0.1, -0.05) is 0 Å². The fourth-order valence-electron chi connectivity index (χ4n) is 5.37. The second kappa shape index (κ2) is 10.9. The van der Waals surface area contributed by atoms with Crippen molar-refractivity contribution >= 4 is 11.4 Å². The standard InChI is InChI=1S/C30H38N2O6/c1-5-23(6-2-21(1)31(13-27-17-33-27)14-28-18-34-28)37-25-9-11-26(12-10-25)38-24-7-3-22(4-8-24)32(15-29-19-35-29)16-30-20-36-30/h1-8,25-30H,9-20H2. The first-order valence-corrected chi connectivity index (χ1v) is 14.2. The average molecular weight is 523 g/mol. The molecule has 2 aromatic carbocycles. The molecule has 4 heterocycles. The lowest BCUT2D eigenvalue weighted by Gasteiger charge is -2.30. The number of benzene rings is 2. The third kappa shape index (κ3) is 6.91. The van der Waals surface area contributed by atoms with E-state index in [1.54, 1.807) is 0 Å². The first-order chi connectivity index (χ1) is 18.7. The lowest BCUT2D eigenvalue weighted by Crippen LogP contribution is -2.32. The minimum Gasteiger partial charge on any atom is -0.490 e. The molecule has 4 unspecified atom stereocenters. The van der Waals surface area contributed by atoms with E-state index in [-0.39, 0.29) is 12.2 Å². The monoisotopic (exact) mass is 522 g/mol. The first kappa shape index (κ1) is 24.5. The molecule has 38 heavy (non-hydrogen) atoms. The Morgan fingerprint density at radius 3 is 1.05 bits per heavy atom. The predicted octanol–water partition coefficient (Wildman–Crippen LogP) is 3.66. The highest BCUT2D eigenvalue weighted by Crippen LogP contribution is 2.30. The molecular weight excluding hydrogens is 484 g/mol. The largest absolute Gasteiger partial charge is 0.490 e. The van der Waals surface area contributed by atoms with Crippen LogP contribution < -0.4 is 19.3 Å². The number of hydrogen-bond donors (Lipinski definition) is 0. The Morgan fingerprint density at radius 1 is 0.500 bits per heavy atom. The van der Waals surface area contributed by atoms with Gasteiger partial charge in [0.15, 0.2) is 0 Å². The minimum atomic E-state index is 0.238. The van der Waals surface area contributed by atoms with Crippen LogP contribution in [0, 0.1) is 0 Å². The zero-order chi connectivity index (χ0) is 25.3. The second-order valence-electron chi connectivity index (χ2n) is 11.3. The molecule has 4 aliphatic heterocycles. The maximum atomic E-state index is 6.34. The molecule has 0 amide bonds. The number of rotatable bonds is 14. The summed E-state index contributed by atoms with van der Waals surface area (Å²) in [5.74, 6) is 1.88. The molecule has 4 atom stereocenters. The van der Waals surface area contributed by atoms with E-state index in [1.807, 2.05) is 0 Å². The van der Waals surface area contributed by atoms with Crippen LogP contribution in [-0.4, -0.2) is 89.2 Å². The summed E-state index contributed by atoms with van der Waals surface area (Å²) in [6.45, 7) is 7.17. The van der Waals surface area contributed by atoms with Gasteiger partial charge in [-0.2, -0.15) is 0 Å². The van der Waals surface area contributed by atoms with Crippen molar-refractivity contribution in [3.8, 4) is 11.5 Å². The van der Waals surface area contributed by atoms with E-state index in [4.69, 9.17) is 28.4 Å². The molecular formula is C30H38N2O6. The SMILES string of the molecule is c1cc(N(CC2CO2)CC2CO2)ccc1OC1CCC(Oc2ccc(N(CC3CO3)CC3CO3)cc2)CC1. The molecule has 8 heteroatoms. The summed E-state index contributed by atoms with van der Waals surface area (Å²) in [7, 11) is 0. The number of anilines is 2. The summed E-state index contributed by atoms with van der Waals surface area (Å²) in [6, 6.07) is 17.0. The molecule has 204 valence electrons. The number of epoxide rings is 4. The van der Waals surface area contributed by atoms with Gasteiger partial charge in [0, 0.05) is 37.6 Å². The third-order valence-electron chi connectivity index (χ3n) is 7.94. The fraction of sp³-hybridized carbons (Fsp3) is 0.600. The Morgan fingerprint density at radius 2 is 0.789 bits per heavy atom. The molecule has 0 spiro atoms. The van der Waals surface area contributed by atoms with Crippen molar-refractivity contribution < 1.29 is 28.4 Å². The van der Waals surface area contributed by atoms with Crippen molar-refractivity contribution in [1.82, 2.24) is 0 Å². The maximum absolute atomic E-state index is 6.34. The van der Waals surface area contributed by atoms with Crippen molar-refractivity contribution in [2.75, 3.05) is 62.4 Å². The minimum absolute atomic E-state index is 0.238. The average Bonchev–Trinajstić information content (AvgIpc) is 3.76. The molecule has 8 nitrogen and oxygen atoms in total. The van der Waals surface area contributed by atoms with Crippen molar-refractivity contribution in [3.05, 3.63) is 48.5 Å². The topological polar surface area (TPSA) is 75.1 Å². The van der Waals surface area contributed by atoms with Gasteiger partial charge in [0.1, 0.15) is 11.5 Å². The molecule has 5 aliphatic rings. The van der Waals surface area contributed by atoms with Crippen LogP contribution in [0.1, 0.15) is 25.7 Å². The highest BCUT2D eigenvalue weighted by molar-refractivity contribution is 5.50. The Hall–Kier alpha value is -2.52. The molecule has 0 bridgehead atoms. The van der Waals surface area contributed by atoms with E-state index in [0.717, 1.165) is 89.8 Å². The van der Waals surface area contributed by atoms with Crippen LogP contribution in [0.3, 0.4) is 0 Å². The van der Waals surface area contributed by atoms with Crippen molar-refractivity contribution in [2.45, 2.75) is 62.3 Å². The van der Waals surface area contributed by atoms with Crippen LogP contribution in [0.25, 0.3) is 0 Å². The second-order valence-corrected chi connectivity index (χ2v) is 11.3. The molecule has 1 saturated carbocycles. The van der Waals surface area contributed by atoms with Gasteiger partial charge in [-0.05, 0) is 74.2 Å². The van der Waals surface area contributed by atoms with Gasteiger partial charge in [-0.3, -0.25) is 0 Å². The normalized spacial score (nSPS) is 30.8. The van der Waals surface area contributed by atoms with E-state index >= 15 is 0 Å². The molecule has 4 saturated heterocycles. The summed E-state index contributed by atoms with van der Waals surface area (Å²) in [4.78, 5) is 4.74. The first-order valence-electron chi connectivity index (χ1n) is 14.2. The molecule has 2 aromatic rings. The quantitative estimate of drug-likeness (QED) is 0.348. The summed E-state index contributed by atoms with van der Waals surface area (Å²) < 4.78 is 34.5. The Bertz CT molecular complexity index is 928. The zero-order valence-electron chi connectivity index (χ0n) is 21.9. The van der Waals surface area contributed by atoms with Crippen LogP contribution in [0.15, 0.2) is 48.5 Å². The lowest BCUT2D eigenvalue weighted by atomic mass is 9.95. The lowest BCUT2D eigenvalue weighted by molar-refractivity contribution is 0.0807. The summed E-state index contributed by atoms with van der Waals surface area (Å²) in [5.41, 5.74) is 2.41. The van der Waals surface area contributed by atoms with E-state index < -0.39 is 0 Å². The van der Waals surface area contributed by atoms with Crippen molar-refractivity contribution in [3.63, 3.8) is 0 Å². The van der Waals surface area contributed by atoms with Crippen molar-refractivity contribution in [2.24, 2.45) is 0 Å². The molecule has 0 radical (unpaired) electrons. The number of nitrogens with zero attached hydrogens (tertiary/aromatic N) is 2. The summed E-state index contributed by atoms with van der Waals surface area (Å²) in [5, 5.41) is 0. The van der Waals surface area contributed by atoms with Gasteiger partial charge >= 0.3 is 0 Å². The molecule has 5 fully saturated rings. The highest BCUT2D eigenvalue weighted by atomic mass is 16.6. The van der Waals surface area contributed by atoms with Gasteiger partial charge in [0.25, 0.3) is 0 Å². The van der Waals surface area contributed by atoms with E-state index in [9.17, 15) is 0 Å². The van der Waals surface area contributed by atoms with E-state index in [0.29, 0.717) is 24.4 Å². The highest BCUT2D eigenvalue weighted by Gasteiger charge is 2.32. The Labute approximate surface area is 224 Å². The fourth-order valence-corrected chi connectivity index (χ4v) is 5.37. The van der Waals surface area contributed by atoms with Crippen molar-refractivity contribution in [1.29, 1.82) is 0 Å². The predicted molar refractivity (Wildman–Crippen MR) is 144 cm³/mol. The maximum Gasteiger partial charge on any atom is 0.119 e. The third-order valence-corrected chi connectivity index (χ3v) is 7.94. The molecule has 0 aromatic heterocycles. The van der Waals surface area contributed by atoms with Gasteiger partial charge in [-0.25, -0.2) is 0 Å². The van der Waals surface area contributed by atoms with E-state index in [1.165, 1.54) is 11.4 Å². The molecule has 1 aliphatic carbocycles. The molecule has 7 rings (SSSR count). The van der Waals surface area contributed by atoms with Gasteiger partial charge in [-0.15, -0.1) is 0 Å². The smallest absolute Gasteiger partial charge is 0.119 e. The van der Waals surface area contributed by atoms with Crippen LogP contribution in [-0.2, 0) is 18.9 Å². The van der Waals surface area contributed by atoms with Crippen LogP contribution in [0.4, 0.5) is 11.4 Å².